The molecule has 10 heteroatoms. The first-order valence-electron chi connectivity index (χ1n) is 12.2. The summed E-state index contributed by atoms with van der Waals surface area (Å²) in [5.41, 5.74) is 3.33. The number of β-amino-alcohol motifs (C(OH)–C–C–N with tert-alkyl or cyclic N) is 1. The second-order valence-corrected chi connectivity index (χ2v) is 10.6. The number of aromatic amines is 1. The third-order valence-electron chi connectivity index (χ3n) is 7.28. The number of carbonyl (C=O) groups excluding carboxylic acids is 1. The van der Waals surface area contributed by atoms with Crippen molar-refractivity contribution < 1.29 is 9.90 Å². The molecule has 34 heavy (non-hydrogen) atoms. The molecule has 3 aromatic heterocycles. The quantitative estimate of drug-likeness (QED) is 0.472. The number of nitrogens with one attached hydrogen (secondary N) is 2. The SMILES string of the molecule is O=C(Cc1nccs1)C1CC(O)CN1c1nc2c(c(Nc3cc(C4CCCC4)[nH]n3)n1)CCC2. The molecule has 2 fully saturated rings. The van der Waals surface area contributed by atoms with Crippen molar-refractivity contribution in [2.45, 2.75) is 75.9 Å². The fraction of sp³-hybridized carbons (Fsp3) is 0.542. The normalized spacial score (nSPS) is 22.4. The summed E-state index contributed by atoms with van der Waals surface area (Å²) >= 11 is 1.47. The minimum Gasteiger partial charge on any atom is -0.391 e. The van der Waals surface area contributed by atoms with Gasteiger partial charge in [-0.1, -0.05) is 12.8 Å². The largest absolute Gasteiger partial charge is 0.391 e. The van der Waals surface area contributed by atoms with Gasteiger partial charge >= 0.3 is 0 Å². The molecule has 3 aliphatic rings. The number of ketones is 1. The highest BCUT2D eigenvalue weighted by atomic mass is 32.1. The van der Waals surface area contributed by atoms with Crippen LogP contribution in [0.5, 0.6) is 0 Å². The van der Waals surface area contributed by atoms with Crippen LogP contribution in [0.15, 0.2) is 17.6 Å². The van der Waals surface area contributed by atoms with Crippen molar-refractivity contribution in [2.75, 3.05) is 16.8 Å². The lowest BCUT2D eigenvalue weighted by Crippen LogP contribution is -2.38. The molecule has 3 aromatic rings. The smallest absolute Gasteiger partial charge is 0.228 e. The van der Waals surface area contributed by atoms with Gasteiger partial charge in [-0.15, -0.1) is 11.3 Å². The molecule has 1 aliphatic heterocycles. The zero-order chi connectivity index (χ0) is 23.1. The van der Waals surface area contributed by atoms with E-state index in [1.165, 1.54) is 42.7 Å². The number of Topliss-reactive ketones (excluding diaryl/α,β-unsaturated/α-hetero) is 1. The van der Waals surface area contributed by atoms with Gasteiger partial charge in [-0.25, -0.2) is 9.97 Å². The van der Waals surface area contributed by atoms with Crippen molar-refractivity contribution in [1.82, 2.24) is 25.1 Å². The molecule has 9 nitrogen and oxygen atoms in total. The molecule has 1 saturated carbocycles. The Morgan fingerprint density at radius 1 is 1.24 bits per heavy atom. The third kappa shape index (κ3) is 4.20. The van der Waals surface area contributed by atoms with Crippen molar-refractivity contribution in [3.05, 3.63) is 39.6 Å². The number of fused-ring (bicyclic) bond motifs is 1. The lowest BCUT2D eigenvalue weighted by Gasteiger charge is -2.24. The van der Waals surface area contributed by atoms with Gasteiger partial charge in [-0.3, -0.25) is 9.89 Å². The highest BCUT2D eigenvalue weighted by molar-refractivity contribution is 7.09. The first-order chi connectivity index (χ1) is 16.6. The maximum atomic E-state index is 13.1. The minimum absolute atomic E-state index is 0.0404. The van der Waals surface area contributed by atoms with Crippen molar-refractivity contribution in [3.8, 4) is 0 Å². The van der Waals surface area contributed by atoms with Crippen molar-refractivity contribution >= 4 is 34.7 Å². The summed E-state index contributed by atoms with van der Waals surface area (Å²) in [6.07, 6.45) is 9.60. The number of nitrogens with zero attached hydrogens (tertiary/aromatic N) is 5. The predicted octanol–water partition coefficient (Wildman–Crippen LogP) is 3.30. The fourth-order valence-electron chi connectivity index (χ4n) is 5.57. The number of anilines is 3. The summed E-state index contributed by atoms with van der Waals surface area (Å²) in [6.45, 7) is 0.348. The minimum atomic E-state index is -0.584. The number of rotatable bonds is 7. The first kappa shape index (κ1) is 21.7. The van der Waals surface area contributed by atoms with E-state index < -0.39 is 12.1 Å². The van der Waals surface area contributed by atoms with Gasteiger partial charge in [-0.05, 0) is 32.1 Å². The van der Waals surface area contributed by atoms with Gasteiger partial charge in [0.2, 0.25) is 5.95 Å². The van der Waals surface area contributed by atoms with Crippen LogP contribution in [0.2, 0.25) is 0 Å². The zero-order valence-corrected chi connectivity index (χ0v) is 19.9. The number of hydrogen-bond acceptors (Lipinski definition) is 9. The number of aliphatic hydroxyl groups is 1. The van der Waals surface area contributed by atoms with E-state index >= 15 is 0 Å². The number of hydrogen-bond donors (Lipinski definition) is 3. The number of thiazole rings is 1. The third-order valence-corrected chi connectivity index (χ3v) is 8.06. The summed E-state index contributed by atoms with van der Waals surface area (Å²) in [4.78, 5) is 28.9. The Morgan fingerprint density at radius 2 is 2.12 bits per heavy atom. The molecule has 2 unspecified atom stereocenters. The van der Waals surface area contributed by atoms with Crippen LogP contribution in [-0.4, -0.2) is 54.7 Å². The summed E-state index contributed by atoms with van der Waals surface area (Å²) in [5.74, 6) is 2.63. The molecule has 178 valence electrons. The molecule has 2 aliphatic carbocycles. The molecule has 1 saturated heterocycles. The van der Waals surface area contributed by atoms with Crippen molar-refractivity contribution in [3.63, 3.8) is 0 Å². The lowest BCUT2D eigenvalue weighted by atomic mass is 10.0. The molecule has 6 rings (SSSR count). The Balaban J connectivity index is 1.27. The molecule has 2 atom stereocenters. The van der Waals surface area contributed by atoms with Crippen LogP contribution in [0.4, 0.5) is 17.6 Å². The van der Waals surface area contributed by atoms with Crippen molar-refractivity contribution in [2.24, 2.45) is 0 Å². The van der Waals surface area contributed by atoms with Crippen LogP contribution in [0, 0.1) is 0 Å². The van der Waals surface area contributed by atoms with E-state index in [0.29, 0.717) is 24.8 Å². The molecule has 4 heterocycles. The van der Waals surface area contributed by atoms with Gasteiger partial charge in [0.25, 0.3) is 0 Å². The maximum absolute atomic E-state index is 13.1. The Bertz CT molecular complexity index is 1170. The highest BCUT2D eigenvalue weighted by Crippen LogP contribution is 2.36. The topological polar surface area (TPSA) is 120 Å². The first-order valence-corrected chi connectivity index (χ1v) is 13.1. The second kappa shape index (κ2) is 9.07. The summed E-state index contributed by atoms with van der Waals surface area (Å²) in [7, 11) is 0. The van der Waals surface area contributed by atoms with Gasteiger partial charge in [0, 0.05) is 47.8 Å². The van der Waals surface area contributed by atoms with E-state index in [4.69, 9.17) is 9.97 Å². The van der Waals surface area contributed by atoms with Crippen LogP contribution in [0.3, 0.4) is 0 Å². The Morgan fingerprint density at radius 3 is 2.94 bits per heavy atom. The van der Waals surface area contributed by atoms with Crippen LogP contribution in [-0.2, 0) is 24.1 Å². The molecule has 0 amide bonds. The maximum Gasteiger partial charge on any atom is 0.228 e. The van der Waals surface area contributed by atoms with Gasteiger partial charge in [0.05, 0.1) is 29.3 Å². The second-order valence-electron chi connectivity index (χ2n) is 9.59. The Hall–Kier alpha value is -2.85. The van der Waals surface area contributed by atoms with E-state index in [2.05, 4.69) is 26.6 Å². The zero-order valence-electron chi connectivity index (χ0n) is 19.0. The van der Waals surface area contributed by atoms with Crippen LogP contribution in [0.1, 0.15) is 66.4 Å². The van der Waals surface area contributed by atoms with Gasteiger partial charge in [0.1, 0.15) is 5.82 Å². The monoisotopic (exact) mass is 479 g/mol. The average Bonchev–Trinajstić information content (AvgIpc) is 3.64. The summed E-state index contributed by atoms with van der Waals surface area (Å²) in [5, 5.41) is 24.2. The molecular weight excluding hydrogens is 450 g/mol. The van der Waals surface area contributed by atoms with Crippen LogP contribution in [0.25, 0.3) is 0 Å². The molecule has 0 aromatic carbocycles. The number of aryl methyl sites for hydroxylation is 1. The Kier molecular flexibility index (Phi) is 5.78. The lowest BCUT2D eigenvalue weighted by molar-refractivity contribution is -0.119. The van der Waals surface area contributed by atoms with Crippen LogP contribution >= 0.6 is 11.3 Å². The molecule has 3 N–H and O–H groups in total. The predicted molar refractivity (Wildman–Crippen MR) is 130 cm³/mol. The van der Waals surface area contributed by atoms with Gasteiger partial charge in [-0.2, -0.15) is 10.1 Å². The average molecular weight is 480 g/mol. The summed E-state index contributed by atoms with van der Waals surface area (Å²) < 4.78 is 0. The standard InChI is InChI=1S/C24H29N7O2S/c32-15-10-19(20(33)12-22-25-8-9-34-22)31(13-15)24-26-17-7-3-6-16(17)23(28-24)27-21-11-18(29-30-21)14-4-1-2-5-14/h8-9,11,14-15,19,32H,1-7,10,12-13H2,(H2,26,27,28,29,30). The van der Waals surface area contributed by atoms with Gasteiger partial charge in [0.15, 0.2) is 11.6 Å². The van der Waals surface area contributed by atoms with Crippen molar-refractivity contribution in [1.29, 1.82) is 0 Å². The van der Waals surface area contributed by atoms with E-state index in [1.807, 2.05) is 10.3 Å². The highest BCUT2D eigenvalue weighted by Gasteiger charge is 2.38. The fourth-order valence-corrected chi connectivity index (χ4v) is 6.19. The van der Waals surface area contributed by atoms with Gasteiger partial charge < -0.3 is 15.3 Å². The molecule has 0 radical (unpaired) electrons. The molecule has 0 spiro atoms. The molecular formula is C24H29N7O2S. The van der Waals surface area contributed by atoms with Crippen LogP contribution < -0.4 is 10.2 Å². The molecule has 0 bridgehead atoms. The Labute approximate surface area is 202 Å². The number of aromatic nitrogens is 5. The number of H-pyrrole nitrogens is 1. The van der Waals surface area contributed by atoms with E-state index in [9.17, 15) is 9.90 Å². The van der Waals surface area contributed by atoms with E-state index in [0.717, 1.165) is 47.2 Å². The summed E-state index contributed by atoms with van der Waals surface area (Å²) in [6, 6.07) is 1.64. The number of aliphatic hydroxyl groups excluding tert-OH is 1. The van der Waals surface area contributed by atoms with E-state index in [1.54, 1.807) is 6.20 Å². The van der Waals surface area contributed by atoms with E-state index in [-0.39, 0.29) is 12.2 Å². The number of carbonyl (C=O) groups is 1.